The number of phenolic OH excluding ortho intramolecular Hbond substituents is 1. The molecule has 162 valence electrons. The van der Waals surface area contributed by atoms with Gasteiger partial charge in [0.05, 0.1) is 11.4 Å². The SMILES string of the molecule is Cc1cc(-c2cc(-c3ccc(C(=O)NCCN4C=CC=NC4)cc3)[nH]c(=O)n2)ccc1O. The van der Waals surface area contributed by atoms with E-state index in [9.17, 15) is 14.7 Å². The van der Waals surface area contributed by atoms with Crippen LogP contribution in [0.15, 0.2) is 70.6 Å². The maximum absolute atomic E-state index is 12.4. The van der Waals surface area contributed by atoms with Crippen LogP contribution in [0.4, 0.5) is 0 Å². The van der Waals surface area contributed by atoms with Crippen LogP contribution in [-0.2, 0) is 0 Å². The third kappa shape index (κ3) is 4.92. The molecule has 1 amide bonds. The minimum atomic E-state index is -0.471. The molecule has 1 aliphatic rings. The first-order chi connectivity index (χ1) is 15.5. The zero-order valence-corrected chi connectivity index (χ0v) is 17.6. The van der Waals surface area contributed by atoms with Gasteiger partial charge in [0.25, 0.3) is 5.91 Å². The Morgan fingerprint density at radius 3 is 2.66 bits per heavy atom. The Morgan fingerprint density at radius 2 is 1.94 bits per heavy atom. The van der Waals surface area contributed by atoms with Crippen LogP contribution in [0.25, 0.3) is 22.5 Å². The number of aromatic hydroxyl groups is 1. The van der Waals surface area contributed by atoms with Gasteiger partial charge in [0.2, 0.25) is 0 Å². The second-order valence-corrected chi connectivity index (χ2v) is 7.45. The number of hydrogen-bond acceptors (Lipinski definition) is 6. The molecule has 2 heterocycles. The van der Waals surface area contributed by atoms with Gasteiger partial charge in [0.15, 0.2) is 0 Å². The molecule has 0 aliphatic carbocycles. The van der Waals surface area contributed by atoms with Crippen LogP contribution < -0.4 is 11.0 Å². The van der Waals surface area contributed by atoms with E-state index >= 15 is 0 Å². The first-order valence-corrected chi connectivity index (χ1v) is 10.2. The molecule has 1 aliphatic heterocycles. The van der Waals surface area contributed by atoms with E-state index in [4.69, 9.17) is 0 Å². The standard InChI is InChI=1S/C24H23N5O3/c1-16-13-19(7-8-22(16)30)21-14-20(27-24(32)28-21)17-3-5-18(6-4-17)23(31)26-10-12-29-11-2-9-25-15-29/h2-9,11,13-14,30H,10,12,15H2,1H3,(H,26,31)(H,27,28,32). The van der Waals surface area contributed by atoms with Gasteiger partial charge in [0.1, 0.15) is 12.4 Å². The highest BCUT2D eigenvalue weighted by molar-refractivity contribution is 5.94. The molecule has 0 unspecified atom stereocenters. The summed E-state index contributed by atoms with van der Waals surface area (Å²) in [4.78, 5) is 37.5. The molecule has 0 atom stereocenters. The van der Waals surface area contributed by atoms with Crippen molar-refractivity contribution in [3.63, 3.8) is 0 Å². The molecule has 4 rings (SSSR count). The van der Waals surface area contributed by atoms with E-state index in [2.05, 4.69) is 20.3 Å². The van der Waals surface area contributed by atoms with Crippen molar-refractivity contribution in [2.24, 2.45) is 4.99 Å². The van der Waals surface area contributed by atoms with Gasteiger partial charge in [-0.2, -0.15) is 4.98 Å². The summed E-state index contributed by atoms with van der Waals surface area (Å²) in [6.07, 6.45) is 5.56. The lowest BCUT2D eigenvalue weighted by atomic mass is 10.0. The quantitative estimate of drug-likeness (QED) is 0.558. The Balaban J connectivity index is 1.46. The van der Waals surface area contributed by atoms with Gasteiger partial charge < -0.3 is 20.3 Å². The van der Waals surface area contributed by atoms with Crippen LogP contribution in [0.3, 0.4) is 0 Å². The van der Waals surface area contributed by atoms with Crippen molar-refractivity contribution in [2.75, 3.05) is 19.8 Å². The predicted octanol–water partition coefficient (Wildman–Crippen LogP) is 2.71. The predicted molar refractivity (Wildman–Crippen MR) is 124 cm³/mol. The van der Waals surface area contributed by atoms with E-state index in [1.165, 1.54) is 0 Å². The van der Waals surface area contributed by atoms with Crippen LogP contribution in [0.5, 0.6) is 5.75 Å². The van der Waals surface area contributed by atoms with Gasteiger partial charge in [-0.05, 0) is 60.5 Å². The van der Waals surface area contributed by atoms with Crippen molar-refractivity contribution >= 4 is 12.1 Å². The highest BCUT2D eigenvalue weighted by atomic mass is 16.3. The molecule has 3 aromatic rings. The summed E-state index contributed by atoms with van der Waals surface area (Å²) >= 11 is 0. The minimum Gasteiger partial charge on any atom is -0.508 e. The monoisotopic (exact) mass is 429 g/mol. The molecule has 0 saturated carbocycles. The topological polar surface area (TPSA) is 111 Å². The molecule has 0 radical (unpaired) electrons. The summed E-state index contributed by atoms with van der Waals surface area (Å²) in [6.45, 7) is 3.56. The molecule has 1 aromatic heterocycles. The van der Waals surface area contributed by atoms with Gasteiger partial charge in [-0.1, -0.05) is 12.1 Å². The van der Waals surface area contributed by atoms with Gasteiger partial charge >= 0.3 is 5.69 Å². The third-order valence-electron chi connectivity index (χ3n) is 5.13. The molecular weight excluding hydrogens is 406 g/mol. The van der Waals surface area contributed by atoms with Crippen LogP contribution in [-0.4, -0.2) is 51.9 Å². The van der Waals surface area contributed by atoms with Crippen molar-refractivity contribution in [1.82, 2.24) is 20.2 Å². The maximum Gasteiger partial charge on any atom is 0.345 e. The lowest BCUT2D eigenvalue weighted by Gasteiger charge is -2.19. The number of rotatable bonds is 6. The van der Waals surface area contributed by atoms with Gasteiger partial charge in [0, 0.05) is 36.6 Å². The fraction of sp³-hybridized carbons (Fsp3) is 0.167. The number of nitrogens with zero attached hydrogens (tertiary/aromatic N) is 3. The molecular formula is C24H23N5O3. The lowest BCUT2D eigenvalue weighted by molar-refractivity contribution is 0.0951. The maximum atomic E-state index is 12.4. The number of hydrogen-bond donors (Lipinski definition) is 3. The number of aromatic nitrogens is 2. The summed E-state index contributed by atoms with van der Waals surface area (Å²) < 4.78 is 0. The van der Waals surface area contributed by atoms with Crippen LogP contribution in [0.1, 0.15) is 15.9 Å². The number of H-pyrrole nitrogens is 1. The van der Waals surface area contributed by atoms with E-state index in [1.54, 1.807) is 61.7 Å². The highest BCUT2D eigenvalue weighted by Crippen LogP contribution is 2.26. The van der Waals surface area contributed by atoms with Crippen molar-refractivity contribution in [3.8, 4) is 28.3 Å². The average molecular weight is 429 g/mol. The average Bonchev–Trinajstić information content (AvgIpc) is 2.81. The van der Waals surface area contributed by atoms with Crippen molar-refractivity contribution < 1.29 is 9.90 Å². The summed E-state index contributed by atoms with van der Waals surface area (Å²) in [5, 5.41) is 12.6. The largest absolute Gasteiger partial charge is 0.508 e. The lowest BCUT2D eigenvalue weighted by Crippen LogP contribution is -2.33. The Bertz CT molecular complexity index is 1250. The van der Waals surface area contributed by atoms with E-state index < -0.39 is 5.69 Å². The minimum absolute atomic E-state index is 0.162. The third-order valence-corrected chi connectivity index (χ3v) is 5.13. The molecule has 3 N–H and O–H groups in total. The number of benzene rings is 2. The van der Waals surface area contributed by atoms with E-state index in [1.807, 2.05) is 17.2 Å². The Hall–Kier alpha value is -4.20. The molecule has 8 heteroatoms. The number of nitrogens with one attached hydrogen (secondary N) is 2. The van der Waals surface area contributed by atoms with Gasteiger partial charge in [-0.15, -0.1) is 0 Å². The van der Waals surface area contributed by atoms with E-state index in [0.29, 0.717) is 42.3 Å². The number of aryl methyl sites for hydroxylation is 1. The number of phenols is 1. The van der Waals surface area contributed by atoms with E-state index in [0.717, 1.165) is 11.1 Å². The summed E-state index contributed by atoms with van der Waals surface area (Å²) in [6, 6.07) is 13.9. The van der Waals surface area contributed by atoms with Crippen LogP contribution >= 0.6 is 0 Å². The Labute approximate surface area is 185 Å². The molecule has 0 fully saturated rings. The number of amides is 1. The fourth-order valence-electron chi connectivity index (χ4n) is 3.36. The molecule has 0 spiro atoms. The summed E-state index contributed by atoms with van der Waals surface area (Å²) in [7, 11) is 0. The molecule has 8 nitrogen and oxygen atoms in total. The van der Waals surface area contributed by atoms with E-state index in [-0.39, 0.29) is 11.7 Å². The highest BCUT2D eigenvalue weighted by Gasteiger charge is 2.10. The van der Waals surface area contributed by atoms with Crippen molar-refractivity contribution in [1.29, 1.82) is 0 Å². The fourth-order valence-corrected chi connectivity index (χ4v) is 3.36. The Kier molecular flexibility index (Phi) is 6.12. The smallest absolute Gasteiger partial charge is 0.345 e. The number of carbonyl (C=O) groups is 1. The molecule has 0 saturated heterocycles. The zero-order valence-electron chi connectivity index (χ0n) is 17.6. The van der Waals surface area contributed by atoms with Crippen LogP contribution in [0, 0.1) is 6.92 Å². The number of allylic oxidation sites excluding steroid dienone is 1. The van der Waals surface area contributed by atoms with Crippen molar-refractivity contribution in [2.45, 2.75) is 6.92 Å². The van der Waals surface area contributed by atoms with Gasteiger partial charge in [-0.25, -0.2) is 4.79 Å². The van der Waals surface area contributed by atoms with Crippen molar-refractivity contribution in [3.05, 3.63) is 82.4 Å². The molecule has 32 heavy (non-hydrogen) atoms. The zero-order chi connectivity index (χ0) is 22.5. The second kappa shape index (κ2) is 9.30. The summed E-state index contributed by atoms with van der Waals surface area (Å²) in [5.74, 6) is 0.0260. The first kappa shape index (κ1) is 21.0. The van der Waals surface area contributed by atoms with Crippen LogP contribution in [0.2, 0.25) is 0 Å². The Morgan fingerprint density at radius 1 is 1.16 bits per heavy atom. The second-order valence-electron chi connectivity index (χ2n) is 7.45. The van der Waals surface area contributed by atoms with Gasteiger partial charge in [-0.3, -0.25) is 9.79 Å². The first-order valence-electron chi connectivity index (χ1n) is 10.2. The molecule has 2 aromatic carbocycles. The summed E-state index contributed by atoms with van der Waals surface area (Å²) in [5.41, 5.74) is 3.35. The number of carbonyl (C=O) groups excluding carboxylic acids is 1. The number of aliphatic imine (C=N–C) groups is 1. The molecule has 0 bridgehead atoms. The number of aromatic amines is 1. The normalized spacial score (nSPS) is 12.7.